The topological polar surface area (TPSA) is 131 Å². The molecule has 2 unspecified atom stereocenters. The molecule has 11 heteroatoms. The van der Waals surface area contributed by atoms with Gasteiger partial charge in [-0.15, -0.1) is 0 Å². The summed E-state index contributed by atoms with van der Waals surface area (Å²) >= 11 is 0. The quantitative estimate of drug-likeness (QED) is 0.375. The summed E-state index contributed by atoms with van der Waals surface area (Å²) in [6.45, 7) is 9.06. The molecular weight excluding hydrogens is 506 g/mol. The lowest BCUT2D eigenvalue weighted by Gasteiger charge is -2.17. The molecule has 10 nitrogen and oxygen atoms in total. The van der Waals surface area contributed by atoms with E-state index in [-0.39, 0.29) is 18.3 Å². The molecule has 2 atom stereocenters. The number of ether oxygens (including phenoxy) is 1. The second-order valence-electron chi connectivity index (χ2n) is 9.83. The molecule has 206 valence electrons. The Kier molecular flexibility index (Phi) is 8.81. The Morgan fingerprint density at radius 3 is 2.74 bits per heavy atom. The average Bonchev–Trinajstić information content (AvgIpc) is 3.51. The van der Waals surface area contributed by atoms with Gasteiger partial charge in [0.25, 0.3) is 0 Å². The van der Waals surface area contributed by atoms with E-state index in [0.29, 0.717) is 43.4 Å². The molecule has 1 aliphatic heterocycles. The molecule has 1 aromatic carbocycles. The van der Waals surface area contributed by atoms with Crippen LogP contribution in [-0.4, -0.2) is 78.1 Å². The normalized spacial score (nSPS) is 17.2. The maximum Gasteiger partial charge on any atom is 0.213 e. The molecule has 0 radical (unpaired) electrons. The summed E-state index contributed by atoms with van der Waals surface area (Å²) in [7, 11) is -1.44. The van der Waals surface area contributed by atoms with Crippen LogP contribution < -0.4 is 10.1 Å². The number of sulfonamides is 1. The summed E-state index contributed by atoms with van der Waals surface area (Å²) in [6.07, 6.45) is 0.802. The Bertz CT molecular complexity index is 1350. The Morgan fingerprint density at radius 1 is 1.26 bits per heavy atom. The molecule has 4 rings (SSSR count). The monoisotopic (exact) mass is 543 g/mol. The van der Waals surface area contributed by atoms with E-state index in [1.165, 1.54) is 0 Å². The third kappa shape index (κ3) is 6.23. The van der Waals surface area contributed by atoms with Gasteiger partial charge in [0.1, 0.15) is 24.2 Å². The Hall–Kier alpha value is -2.86. The van der Waals surface area contributed by atoms with Gasteiger partial charge in [0.05, 0.1) is 22.7 Å². The number of aliphatic hydroxyl groups excluding tert-OH is 1. The van der Waals surface area contributed by atoms with Gasteiger partial charge in [-0.3, -0.25) is 0 Å². The molecule has 1 fully saturated rings. The van der Waals surface area contributed by atoms with Crippen molar-refractivity contribution in [3.8, 4) is 28.4 Å². The number of aromatic nitrogens is 3. The Balaban J connectivity index is 1.70. The summed E-state index contributed by atoms with van der Waals surface area (Å²) in [6, 6.07) is 7.50. The molecule has 1 aliphatic rings. The molecule has 38 heavy (non-hydrogen) atoms. The molecule has 2 aromatic heterocycles. The zero-order chi connectivity index (χ0) is 27.4. The molecule has 0 spiro atoms. The zero-order valence-corrected chi connectivity index (χ0v) is 23.5. The number of benzene rings is 1. The summed E-state index contributed by atoms with van der Waals surface area (Å²) in [4.78, 5) is 9.91. The van der Waals surface area contributed by atoms with E-state index >= 15 is 0 Å². The minimum absolute atomic E-state index is 0.108. The van der Waals surface area contributed by atoms with E-state index in [9.17, 15) is 13.5 Å². The summed E-state index contributed by atoms with van der Waals surface area (Å²) < 4.78 is 37.7. The number of aryl methyl sites for hydroxylation is 2. The average molecular weight is 544 g/mol. The summed E-state index contributed by atoms with van der Waals surface area (Å²) in [5.41, 5.74) is 4.94. The van der Waals surface area contributed by atoms with Gasteiger partial charge >= 0.3 is 0 Å². The molecule has 3 heterocycles. The first-order valence-electron chi connectivity index (χ1n) is 13.0. The number of hydrogen-bond acceptors (Lipinski definition) is 9. The molecule has 1 saturated heterocycles. The van der Waals surface area contributed by atoms with Crippen LogP contribution in [0, 0.1) is 26.7 Å². The lowest BCUT2D eigenvalue weighted by atomic mass is 9.96. The second kappa shape index (κ2) is 11.9. The number of hydrogen-bond donors (Lipinski definition) is 2. The van der Waals surface area contributed by atoms with Gasteiger partial charge in [-0.05, 0) is 71.2 Å². The van der Waals surface area contributed by atoms with E-state index < -0.39 is 16.1 Å². The largest absolute Gasteiger partial charge is 0.491 e. The van der Waals surface area contributed by atoms with Gasteiger partial charge in [-0.25, -0.2) is 22.7 Å². The third-order valence-electron chi connectivity index (χ3n) is 6.98. The number of aliphatic hydroxyl groups is 1. The van der Waals surface area contributed by atoms with E-state index in [4.69, 9.17) is 19.2 Å². The van der Waals surface area contributed by atoms with Crippen LogP contribution in [0.3, 0.4) is 0 Å². The minimum atomic E-state index is -3.22. The van der Waals surface area contributed by atoms with Crippen molar-refractivity contribution in [1.82, 2.24) is 24.7 Å². The van der Waals surface area contributed by atoms with Crippen LogP contribution in [0.5, 0.6) is 5.75 Å². The predicted octanol–water partition coefficient (Wildman–Crippen LogP) is 2.90. The van der Waals surface area contributed by atoms with Gasteiger partial charge in [0, 0.05) is 30.9 Å². The van der Waals surface area contributed by atoms with Crippen LogP contribution in [0.1, 0.15) is 36.1 Å². The first kappa shape index (κ1) is 28.2. The fourth-order valence-corrected chi connectivity index (χ4v) is 6.03. The molecule has 0 aliphatic carbocycles. The van der Waals surface area contributed by atoms with Crippen molar-refractivity contribution in [2.45, 2.75) is 46.6 Å². The van der Waals surface area contributed by atoms with Crippen molar-refractivity contribution >= 4 is 10.0 Å². The molecule has 3 aromatic rings. The molecule has 0 amide bonds. The highest BCUT2D eigenvalue weighted by molar-refractivity contribution is 7.89. The van der Waals surface area contributed by atoms with Crippen molar-refractivity contribution in [3.05, 3.63) is 47.0 Å². The Morgan fingerprint density at radius 2 is 2.05 bits per heavy atom. The van der Waals surface area contributed by atoms with Gasteiger partial charge in [0.15, 0.2) is 5.82 Å². The SMILES string of the molecule is CCS(=O)(=O)N1CCC(Cc2nc(-c3cccc(OCC(O)CNC)c3)nc(-c3c(C)noc3C)c2C)C1. The van der Waals surface area contributed by atoms with Crippen LogP contribution in [0.25, 0.3) is 22.6 Å². The van der Waals surface area contributed by atoms with Gasteiger partial charge < -0.3 is 19.7 Å². The highest BCUT2D eigenvalue weighted by Gasteiger charge is 2.31. The number of nitrogens with one attached hydrogen (secondary N) is 1. The lowest BCUT2D eigenvalue weighted by Crippen LogP contribution is -2.30. The maximum absolute atomic E-state index is 12.4. The van der Waals surface area contributed by atoms with Crippen LogP contribution >= 0.6 is 0 Å². The highest BCUT2D eigenvalue weighted by atomic mass is 32.2. The first-order valence-corrected chi connectivity index (χ1v) is 14.6. The van der Waals surface area contributed by atoms with Crippen molar-refractivity contribution in [3.63, 3.8) is 0 Å². The minimum Gasteiger partial charge on any atom is -0.491 e. The zero-order valence-electron chi connectivity index (χ0n) is 22.7. The molecule has 0 saturated carbocycles. The van der Waals surface area contributed by atoms with Crippen LogP contribution in [0.2, 0.25) is 0 Å². The van der Waals surface area contributed by atoms with E-state index in [2.05, 4.69) is 10.5 Å². The Labute approximate surface area is 224 Å². The van der Waals surface area contributed by atoms with Gasteiger partial charge in [-0.1, -0.05) is 17.3 Å². The summed E-state index contributed by atoms with van der Waals surface area (Å²) in [5, 5.41) is 17.1. The summed E-state index contributed by atoms with van der Waals surface area (Å²) in [5.74, 6) is 2.10. The van der Waals surface area contributed by atoms with E-state index in [0.717, 1.165) is 40.2 Å². The van der Waals surface area contributed by atoms with E-state index in [1.54, 1.807) is 18.3 Å². The van der Waals surface area contributed by atoms with Crippen LogP contribution in [0.15, 0.2) is 28.8 Å². The maximum atomic E-state index is 12.4. The predicted molar refractivity (Wildman–Crippen MR) is 145 cm³/mol. The standard InChI is InChI=1S/C27H37N5O5S/c1-6-38(34,35)32-11-10-20(15-32)12-24-17(2)26(25-18(3)31-37-19(25)4)30-27(29-24)21-8-7-9-23(13-21)36-16-22(33)14-28-5/h7-9,13,20,22,28,33H,6,10-12,14-16H2,1-5H3. The third-order valence-corrected chi connectivity index (χ3v) is 8.83. The number of likely N-dealkylation sites (N-methyl/N-ethyl adjacent to an activating group) is 1. The van der Waals surface area contributed by atoms with Crippen molar-refractivity contribution in [2.24, 2.45) is 5.92 Å². The molecular formula is C27H37N5O5S. The van der Waals surface area contributed by atoms with E-state index in [1.807, 2.05) is 45.0 Å². The van der Waals surface area contributed by atoms with Crippen molar-refractivity contribution in [2.75, 3.05) is 39.0 Å². The van der Waals surface area contributed by atoms with Crippen LogP contribution in [0.4, 0.5) is 0 Å². The molecule has 0 bridgehead atoms. The molecule has 2 N–H and O–H groups in total. The van der Waals surface area contributed by atoms with Crippen LogP contribution in [-0.2, 0) is 16.4 Å². The van der Waals surface area contributed by atoms with Gasteiger partial charge in [-0.2, -0.15) is 0 Å². The smallest absolute Gasteiger partial charge is 0.213 e. The van der Waals surface area contributed by atoms with Crippen molar-refractivity contribution < 1.29 is 22.8 Å². The fraction of sp³-hybridized carbons (Fsp3) is 0.519. The lowest BCUT2D eigenvalue weighted by molar-refractivity contribution is 0.108. The van der Waals surface area contributed by atoms with Crippen molar-refractivity contribution in [1.29, 1.82) is 0 Å². The highest BCUT2D eigenvalue weighted by Crippen LogP contribution is 2.34. The van der Waals surface area contributed by atoms with Gasteiger partial charge in [0.2, 0.25) is 10.0 Å². The number of nitrogens with zero attached hydrogens (tertiary/aromatic N) is 4. The fourth-order valence-electron chi connectivity index (χ4n) is 4.84. The number of rotatable bonds is 11. The second-order valence-corrected chi connectivity index (χ2v) is 12.1. The first-order chi connectivity index (χ1) is 18.1.